The van der Waals surface area contributed by atoms with E-state index in [0.29, 0.717) is 49.1 Å². The number of hydrogen-bond donors (Lipinski definition) is 3. The van der Waals surface area contributed by atoms with E-state index in [1.54, 1.807) is 24.3 Å². The Bertz CT molecular complexity index is 1470. The Morgan fingerprint density at radius 3 is 2.50 bits per heavy atom. The molecule has 10 nitrogen and oxygen atoms in total. The van der Waals surface area contributed by atoms with Crippen molar-refractivity contribution in [1.29, 1.82) is 0 Å². The van der Waals surface area contributed by atoms with Gasteiger partial charge in [0.25, 0.3) is 5.91 Å². The quantitative estimate of drug-likeness (QED) is 0.436. The van der Waals surface area contributed by atoms with Gasteiger partial charge in [0, 0.05) is 56.0 Å². The zero-order chi connectivity index (χ0) is 26.9. The zero-order valence-electron chi connectivity index (χ0n) is 20.2. The first-order valence-electron chi connectivity index (χ1n) is 12.0. The minimum Gasteiger partial charge on any atom is -0.381 e. The number of para-hydroxylation sites is 1. The van der Waals surface area contributed by atoms with Crippen molar-refractivity contribution in [2.75, 3.05) is 30.4 Å². The number of amides is 2. The van der Waals surface area contributed by atoms with Gasteiger partial charge >= 0.3 is 0 Å². The number of ether oxygens (including phenoxy) is 1. The first-order chi connectivity index (χ1) is 18.2. The highest BCUT2D eigenvalue weighted by Gasteiger charge is 2.32. The second-order valence-corrected chi connectivity index (χ2v) is 11.0. The number of fused-ring (bicyclic) bond motifs is 1. The van der Waals surface area contributed by atoms with Crippen molar-refractivity contribution in [3.05, 3.63) is 70.9 Å². The van der Waals surface area contributed by atoms with E-state index in [1.165, 1.54) is 0 Å². The Hall–Kier alpha value is -3.68. The number of halogens is 2. The molecule has 200 valence electrons. The van der Waals surface area contributed by atoms with Gasteiger partial charge in [0.1, 0.15) is 11.6 Å². The lowest BCUT2D eigenvalue weighted by molar-refractivity contribution is -0.122. The van der Waals surface area contributed by atoms with Crippen LogP contribution in [0.25, 0.3) is 0 Å². The molecule has 0 bridgehead atoms. The lowest BCUT2D eigenvalue weighted by atomic mass is 9.99. The number of carbonyl (C=O) groups is 2. The van der Waals surface area contributed by atoms with Gasteiger partial charge in [-0.1, -0.05) is 12.1 Å². The Morgan fingerprint density at radius 2 is 1.76 bits per heavy atom. The van der Waals surface area contributed by atoms with Gasteiger partial charge in [0.15, 0.2) is 5.82 Å². The number of benzene rings is 2. The summed E-state index contributed by atoms with van der Waals surface area (Å²) >= 11 is 0. The molecule has 1 saturated heterocycles. The standard InChI is InChI=1S/C25H25F2N5O5S/c26-16-11-17(27)13-18(12-16)38(35,36)32-8-5-22-20(14-32)23(31-30-22)29-25(34)19-3-1-2-4-21(19)28-24(33)15-6-9-37-10-7-15/h1-4,11-13,15H,5-10,14H2,(H,28,33)(H2,29,30,31,34). The van der Waals surface area contributed by atoms with Crippen LogP contribution in [-0.4, -0.2) is 54.5 Å². The van der Waals surface area contributed by atoms with E-state index in [2.05, 4.69) is 20.8 Å². The summed E-state index contributed by atoms with van der Waals surface area (Å²) in [7, 11) is -4.21. The van der Waals surface area contributed by atoms with Crippen LogP contribution in [0.3, 0.4) is 0 Å². The second kappa shape index (κ2) is 10.6. The maximum atomic E-state index is 13.7. The molecule has 0 atom stereocenters. The van der Waals surface area contributed by atoms with Crippen molar-refractivity contribution in [3.8, 4) is 0 Å². The van der Waals surface area contributed by atoms with Crippen LogP contribution in [0.15, 0.2) is 47.4 Å². The molecule has 0 spiro atoms. The van der Waals surface area contributed by atoms with Gasteiger partial charge in [0.2, 0.25) is 15.9 Å². The number of aromatic nitrogens is 2. The fourth-order valence-electron chi connectivity index (χ4n) is 4.56. The summed E-state index contributed by atoms with van der Waals surface area (Å²) in [6.45, 7) is 0.908. The molecule has 2 aliphatic heterocycles. The third kappa shape index (κ3) is 5.30. The molecule has 0 aliphatic carbocycles. The highest BCUT2D eigenvalue weighted by atomic mass is 32.2. The number of rotatable bonds is 6. The summed E-state index contributed by atoms with van der Waals surface area (Å²) in [4.78, 5) is 25.4. The van der Waals surface area contributed by atoms with Gasteiger partial charge in [0.05, 0.1) is 16.1 Å². The molecule has 0 radical (unpaired) electrons. The number of aromatic amines is 1. The van der Waals surface area contributed by atoms with Crippen molar-refractivity contribution in [2.24, 2.45) is 5.92 Å². The van der Waals surface area contributed by atoms with Crippen LogP contribution < -0.4 is 10.6 Å². The highest BCUT2D eigenvalue weighted by Crippen LogP contribution is 2.29. The first kappa shape index (κ1) is 25.9. The molecule has 1 aromatic heterocycles. The van der Waals surface area contributed by atoms with Crippen LogP contribution in [0.1, 0.15) is 34.5 Å². The predicted molar refractivity (Wildman–Crippen MR) is 133 cm³/mol. The van der Waals surface area contributed by atoms with Crippen LogP contribution in [-0.2, 0) is 32.5 Å². The maximum Gasteiger partial charge on any atom is 0.258 e. The molecule has 2 aromatic carbocycles. The van der Waals surface area contributed by atoms with Crippen molar-refractivity contribution in [1.82, 2.24) is 14.5 Å². The van der Waals surface area contributed by atoms with Gasteiger partial charge in [-0.3, -0.25) is 14.7 Å². The Balaban J connectivity index is 1.34. The molecular weight excluding hydrogens is 520 g/mol. The fourth-order valence-corrected chi connectivity index (χ4v) is 6.02. The normalized spacial score (nSPS) is 16.6. The zero-order valence-corrected chi connectivity index (χ0v) is 21.0. The largest absolute Gasteiger partial charge is 0.381 e. The summed E-state index contributed by atoms with van der Waals surface area (Å²) in [6, 6.07) is 8.66. The lowest BCUT2D eigenvalue weighted by Crippen LogP contribution is -2.36. The van der Waals surface area contributed by atoms with Crippen LogP contribution in [0.5, 0.6) is 0 Å². The summed E-state index contributed by atoms with van der Waals surface area (Å²) in [6.07, 6.45) is 1.45. The second-order valence-electron chi connectivity index (χ2n) is 9.10. The van der Waals surface area contributed by atoms with Crippen molar-refractivity contribution < 1.29 is 31.5 Å². The van der Waals surface area contributed by atoms with E-state index in [4.69, 9.17) is 4.74 Å². The first-order valence-corrected chi connectivity index (χ1v) is 13.5. The molecule has 0 unspecified atom stereocenters. The number of anilines is 2. The van der Waals surface area contributed by atoms with Gasteiger partial charge in [-0.05, 0) is 37.1 Å². The van der Waals surface area contributed by atoms with E-state index in [-0.39, 0.29) is 42.7 Å². The molecule has 3 heterocycles. The summed E-state index contributed by atoms with van der Waals surface area (Å²) < 4.78 is 59.9. The molecule has 5 rings (SSSR count). The number of carbonyl (C=O) groups excluding carboxylic acids is 2. The molecule has 1 fully saturated rings. The Kier molecular flexibility index (Phi) is 7.23. The number of nitrogens with zero attached hydrogens (tertiary/aromatic N) is 2. The summed E-state index contributed by atoms with van der Waals surface area (Å²) in [5.74, 6) is -2.83. The molecule has 2 aliphatic rings. The Labute approximate surface area is 217 Å². The van der Waals surface area contributed by atoms with E-state index in [1.807, 2.05) is 0 Å². The average molecular weight is 546 g/mol. The molecule has 13 heteroatoms. The monoisotopic (exact) mass is 545 g/mol. The molecular formula is C25H25F2N5O5S. The van der Waals surface area contributed by atoms with Crippen LogP contribution in [0.4, 0.5) is 20.3 Å². The van der Waals surface area contributed by atoms with Crippen molar-refractivity contribution in [2.45, 2.75) is 30.7 Å². The fraction of sp³-hybridized carbons (Fsp3) is 0.320. The van der Waals surface area contributed by atoms with E-state index >= 15 is 0 Å². The summed E-state index contributed by atoms with van der Waals surface area (Å²) in [5, 5.41) is 12.5. The third-order valence-corrected chi connectivity index (χ3v) is 8.45. The van der Waals surface area contributed by atoms with E-state index in [9.17, 15) is 26.8 Å². The van der Waals surface area contributed by atoms with Gasteiger partial charge in [-0.15, -0.1) is 0 Å². The number of sulfonamides is 1. The molecule has 3 N–H and O–H groups in total. The summed E-state index contributed by atoms with van der Waals surface area (Å²) in [5.41, 5.74) is 1.62. The average Bonchev–Trinajstić information content (AvgIpc) is 3.30. The molecule has 38 heavy (non-hydrogen) atoms. The van der Waals surface area contributed by atoms with E-state index in [0.717, 1.165) is 16.4 Å². The molecule has 3 aromatic rings. The minimum absolute atomic E-state index is 0.0596. The minimum atomic E-state index is -4.21. The topological polar surface area (TPSA) is 133 Å². The molecule has 2 amide bonds. The Morgan fingerprint density at radius 1 is 1.05 bits per heavy atom. The lowest BCUT2D eigenvalue weighted by Gasteiger charge is -2.26. The van der Waals surface area contributed by atoms with Gasteiger partial charge in [-0.25, -0.2) is 17.2 Å². The highest BCUT2D eigenvalue weighted by molar-refractivity contribution is 7.89. The van der Waals surface area contributed by atoms with Gasteiger partial charge < -0.3 is 15.4 Å². The number of H-pyrrole nitrogens is 1. The maximum absolute atomic E-state index is 13.7. The molecule has 0 saturated carbocycles. The van der Waals surface area contributed by atoms with Crippen LogP contribution in [0, 0.1) is 17.6 Å². The smallest absolute Gasteiger partial charge is 0.258 e. The third-order valence-electron chi connectivity index (χ3n) is 6.63. The number of hydrogen-bond acceptors (Lipinski definition) is 6. The van der Waals surface area contributed by atoms with Crippen molar-refractivity contribution in [3.63, 3.8) is 0 Å². The van der Waals surface area contributed by atoms with Crippen LogP contribution in [0.2, 0.25) is 0 Å². The predicted octanol–water partition coefficient (Wildman–Crippen LogP) is 3.05. The van der Waals surface area contributed by atoms with Crippen LogP contribution >= 0.6 is 0 Å². The number of nitrogens with one attached hydrogen (secondary N) is 3. The van der Waals surface area contributed by atoms with E-state index < -0.39 is 32.5 Å². The SMILES string of the molecule is O=C(Nc1n[nH]c2c1CN(S(=O)(=O)c1cc(F)cc(F)c1)CC2)c1ccccc1NC(=O)C1CCOCC1. The van der Waals surface area contributed by atoms with Crippen molar-refractivity contribution >= 4 is 33.3 Å². The van der Waals surface area contributed by atoms with Gasteiger partial charge in [-0.2, -0.15) is 9.40 Å².